The van der Waals surface area contributed by atoms with Crippen LogP contribution >= 0.6 is 11.6 Å². The van der Waals surface area contributed by atoms with E-state index in [1.54, 1.807) is 11.0 Å². The zero-order chi connectivity index (χ0) is 30.0. The minimum Gasteiger partial charge on any atom is -0.462 e. The smallest absolute Gasteiger partial charge is 0.418 e. The van der Waals surface area contributed by atoms with Crippen LogP contribution in [-0.4, -0.2) is 83.1 Å². The van der Waals surface area contributed by atoms with E-state index in [0.717, 1.165) is 25.1 Å². The Morgan fingerprint density at radius 2 is 1.95 bits per heavy atom. The predicted molar refractivity (Wildman–Crippen MR) is 154 cm³/mol. The lowest BCUT2D eigenvalue weighted by Gasteiger charge is -2.35. The van der Waals surface area contributed by atoms with Crippen molar-refractivity contribution in [1.82, 2.24) is 24.8 Å². The average molecular weight is 602 g/mol. The fraction of sp³-hybridized carbons (Fsp3) is 0.448. The van der Waals surface area contributed by atoms with Gasteiger partial charge < -0.3 is 20.3 Å². The van der Waals surface area contributed by atoms with Crippen LogP contribution in [0.25, 0.3) is 22.2 Å². The number of benzene rings is 1. The molecule has 0 bridgehead atoms. The molecule has 2 saturated heterocycles. The standard InChI is InChI=1S/C29H31ClF3N7O2/c1-4-24(41)39-7-9-40(10-8-39)26-17-11-20(30)16(25-18(29(31,32)33)5-6-23(34)36-25)12-21(17)35-27(37-26)42-14-22-19-13-28(19,2)15-38(22)3/h4-6,11-12,19,22H,1,7-10,13-15H2,2-3H3,(H2,34,36)/t19-,22+,28+/m0/s1. The van der Waals surface area contributed by atoms with Crippen molar-refractivity contribution in [2.45, 2.75) is 25.6 Å². The first kappa shape index (κ1) is 28.5. The molecule has 1 aromatic carbocycles. The lowest BCUT2D eigenvalue weighted by Crippen LogP contribution is -2.48. The van der Waals surface area contributed by atoms with Gasteiger partial charge in [-0.15, -0.1) is 0 Å². The maximum absolute atomic E-state index is 13.9. The van der Waals surface area contributed by atoms with E-state index in [1.807, 2.05) is 4.90 Å². The fourth-order valence-corrected chi connectivity index (χ4v) is 6.65. The Kier molecular flexibility index (Phi) is 6.96. The molecule has 3 aromatic rings. The third kappa shape index (κ3) is 5.11. The molecule has 0 unspecified atom stereocenters. The molecule has 9 nitrogen and oxygen atoms in total. The van der Waals surface area contributed by atoms with Gasteiger partial charge in [-0.05, 0) is 55.1 Å². The number of hydrogen-bond donors (Lipinski definition) is 1. The van der Waals surface area contributed by atoms with E-state index in [2.05, 4.69) is 35.4 Å². The number of halogens is 4. The number of nitrogens with two attached hydrogens (primary N) is 1. The maximum atomic E-state index is 13.9. The maximum Gasteiger partial charge on any atom is 0.418 e. The Bertz CT molecular complexity index is 1580. The van der Waals surface area contributed by atoms with Gasteiger partial charge in [-0.25, -0.2) is 4.98 Å². The monoisotopic (exact) mass is 601 g/mol. The number of carbonyl (C=O) groups excluding carboxylic acids is 1. The van der Waals surface area contributed by atoms with Crippen molar-refractivity contribution in [2.75, 3.05) is 57.0 Å². The summed E-state index contributed by atoms with van der Waals surface area (Å²) in [5.41, 5.74) is 5.16. The summed E-state index contributed by atoms with van der Waals surface area (Å²) in [5.74, 6) is 0.850. The van der Waals surface area contributed by atoms with Gasteiger partial charge in [-0.1, -0.05) is 25.1 Å². The quantitative estimate of drug-likeness (QED) is 0.412. The van der Waals surface area contributed by atoms with E-state index in [1.165, 1.54) is 12.1 Å². The van der Waals surface area contributed by atoms with Crippen molar-refractivity contribution < 1.29 is 22.7 Å². The van der Waals surface area contributed by atoms with E-state index in [0.29, 0.717) is 60.8 Å². The van der Waals surface area contributed by atoms with Crippen molar-refractivity contribution >= 4 is 40.0 Å². The molecule has 3 atom stereocenters. The van der Waals surface area contributed by atoms with Crippen LogP contribution < -0.4 is 15.4 Å². The Hall–Kier alpha value is -3.64. The number of amides is 1. The van der Waals surface area contributed by atoms with Crippen LogP contribution in [-0.2, 0) is 11.0 Å². The normalized spacial score (nSPS) is 24.1. The zero-order valence-electron chi connectivity index (χ0n) is 23.3. The minimum absolute atomic E-state index is 0.0464. The number of fused-ring (bicyclic) bond motifs is 2. The number of rotatable bonds is 6. The first-order chi connectivity index (χ1) is 19.9. The molecule has 3 fully saturated rings. The van der Waals surface area contributed by atoms with Crippen LogP contribution in [0.2, 0.25) is 5.02 Å². The summed E-state index contributed by atoms with van der Waals surface area (Å²) in [7, 11) is 2.08. The first-order valence-corrected chi connectivity index (χ1v) is 14.1. The SMILES string of the molecule is C=CC(=O)N1CCN(c2nc(OC[C@@H]3[C@@H]4C[C@]4(C)CN3C)nc3cc(-c4nc(N)ccc4C(F)(F)F)c(Cl)cc23)CC1. The van der Waals surface area contributed by atoms with Crippen LogP contribution in [0.15, 0.2) is 36.9 Å². The molecule has 0 spiro atoms. The molecule has 2 aliphatic heterocycles. The molecule has 42 heavy (non-hydrogen) atoms. The number of alkyl halides is 3. The summed E-state index contributed by atoms with van der Waals surface area (Å²) < 4.78 is 47.9. The number of hydrogen-bond acceptors (Lipinski definition) is 8. The second-order valence-electron chi connectivity index (χ2n) is 11.6. The highest BCUT2D eigenvalue weighted by Gasteiger charge is 2.60. The summed E-state index contributed by atoms with van der Waals surface area (Å²) in [6, 6.07) is 5.37. The van der Waals surface area contributed by atoms with Crippen molar-refractivity contribution in [3.63, 3.8) is 0 Å². The van der Waals surface area contributed by atoms with Gasteiger partial charge in [-0.2, -0.15) is 23.1 Å². The fourth-order valence-electron chi connectivity index (χ4n) is 6.40. The number of piperazine rings is 1. The van der Waals surface area contributed by atoms with Gasteiger partial charge in [0.2, 0.25) is 5.91 Å². The van der Waals surface area contributed by atoms with E-state index >= 15 is 0 Å². The molecule has 6 rings (SSSR count). The topological polar surface area (TPSA) is 101 Å². The molecule has 1 aliphatic carbocycles. The lowest BCUT2D eigenvalue weighted by atomic mass is 10.0. The molecule has 1 amide bonds. The Labute approximate surface area is 246 Å². The van der Waals surface area contributed by atoms with Crippen LogP contribution in [0, 0.1) is 11.3 Å². The average Bonchev–Trinajstić information content (AvgIpc) is 3.53. The number of aromatic nitrogens is 3. The van der Waals surface area contributed by atoms with E-state index in [-0.39, 0.29) is 40.1 Å². The number of nitrogens with zero attached hydrogens (tertiary/aromatic N) is 6. The first-order valence-electron chi connectivity index (χ1n) is 13.7. The number of carbonyl (C=O) groups is 1. The van der Waals surface area contributed by atoms with E-state index in [9.17, 15) is 18.0 Å². The molecule has 2 aromatic heterocycles. The molecule has 3 aliphatic rings. The Morgan fingerprint density at radius 3 is 2.60 bits per heavy atom. The summed E-state index contributed by atoms with van der Waals surface area (Å²) >= 11 is 6.62. The number of likely N-dealkylation sites (N-methyl/N-ethyl adjacent to an activating group) is 1. The Balaban J connectivity index is 1.41. The van der Waals surface area contributed by atoms with Crippen LogP contribution in [0.3, 0.4) is 0 Å². The van der Waals surface area contributed by atoms with E-state index < -0.39 is 11.7 Å². The molecule has 13 heteroatoms. The summed E-state index contributed by atoms with van der Waals surface area (Å²) in [6.07, 6.45) is -2.24. The third-order valence-corrected chi connectivity index (χ3v) is 9.05. The molecule has 0 radical (unpaired) electrons. The van der Waals surface area contributed by atoms with E-state index in [4.69, 9.17) is 27.1 Å². The zero-order valence-corrected chi connectivity index (χ0v) is 24.0. The van der Waals surface area contributed by atoms with Crippen LogP contribution in [0.1, 0.15) is 18.9 Å². The van der Waals surface area contributed by atoms with Crippen molar-refractivity contribution in [2.24, 2.45) is 11.3 Å². The minimum atomic E-state index is -4.67. The van der Waals surface area contributed by atoms with Gasteiger partial charge in [0.25, 0.3) is 0 Å². The Morgan fingerprint density at radius 1 is 1.21 bits per heavy atom. The highest BCUT2D eigenvalue weighted by molar-refractivity contribution is 6.34. The molecular formula is C29H31ClF3N7O2. The van der Waals surface area contributed by atoms with Crippen molar-refractivity contribution in [3.8, 4) is 17.3 Å². The number of pyridine rings is 1. The number of anilines is 2. The van der Waals surface area contributed by atoms with Crippen molar-refractivity contribution in [3.05, 3.63) is 47.5 Å². The third-order valence-electron chi connectivity index (χ3n) is 8.73. The highest BCUT2D eigenvalue weighted by atomic mass is 35.5. The predicted octanol–water partition coefficient (Wildman–Crippen LogP) is 4.50. The van der Waals surface area contributed by atoms with Crippen LogP contribution in [0.5, 0.6) is 6.01 Å². The largest absolute Gasteiger partial charge is 0.462 e. The van der Waals surface area contributed by atoms with Crippen molar-refractivity contribution in [1.29, 1.82) is 0 Å². The second kappa shape index (κ2) is 10.3. The van der Waals surface area contributed by atoms with Gasteiger partial charge >= 0.3 is 12.2 Å². The lowest BCUT2D eigenvalue weighted by molar-refractivity contribution is -0.137. The second-order valence-corrected chi connectivity index (χ2v) is 12.0. The molecular weight excluding hydrogens is 571 g/mol. The van der Waals surface area contributed by atoms with Gasteiger partial charge in [0.15, 0.2) is 0 Å². The van der Waals surface area contributed by atoms with Gasteiger partial charge in [0.1, 0.15) is 18.2 Å². The van der Waals surface area contributed by atoms with Gasteiger partial charge in [0.05, 0.1) is 21.8 Å². The number of piperidine rings is 1. The summed E-state index contributed by atoms with van der Waals surface area (Å²) in [4.78, 5) is 31.5. The number of nitrogen functional groups attached to an aromatic ring is 1. The van der Waals surface area contributed by atoms with Crippen LogP contribution in [0.4, 0.5) is 24.8 Å². The summed E-state index contributed by atoms with van der Waals surface area (Å²) in [6.45, 7) is 9.09. The van der Waals surface area contributed by atoms with Gasteiger partial charge in [0, 0.05) is 49.7 Å². The number of ether oxygens (including phenoxy) is 1. The summed E-state index contributed by atoms with van der Waals surface area (Å²) in [5, 5.41) is 0.593. The number of likely N-dealkylation sites (tertiary alicyclic amines) is 1. The molecule has 1 saturated carbocycles. The molecule has 2 N–H and O–H groups in total. The molecule has 222 valence electrons. The highest BCUT2D eigenvalue weighted by Crippen LogP contribution is 2.60. The molecule has 4 heterocycles. The van der Waals surface area contributed by atoms with Gasteiger partial charge in [-0.3, -0.25) is 9.69 Å².